The van der Waals surface area contributed by atoms with E-state index in [0.29, 0.717) is 44.2 Å². The van der Waals surface area contributed by atoms with Crippen molar-refractivity contribution >= 4 is 5.97 Å². The monoisotopic (exact) mass is 312 g/mol. The van der Waals surface area contributed by atoms with Crippen LogP contribution in [0.4, 0.5) is 0 Å². The first kappa shape index (κ1) is 16.6. The van der Waals surface area contributed by atoms with Gasteiger partial charge in [0.05, 0.1) is 19.3 Å². The molecule has 8 heteroatoms. The van der Waals surface area contributed by atoms with Gasteiger partial charge in [0.25, 0.3) is 0 Å². The van der Waals surface area contributed by atoms with Gasteiger partial charge in [-0.15, -0.1) is 0 Å². The van der Waals surface area contributed by atoms with Crippen molar-refractivity contribution in [3.63, 3.8) is 0 Å². The van der Waals surface area contributed by atoms with Gasteiger partial charge in [0.2, 0.25) is 0 Å². The lowest BCUT2D eigenvalue weighted by Gasteiger charge is -2.27. The molecule has 0 saturated heterocycles. The fraction of sp³-hybridized carbons (Fsp3) is 0.643. The van der Waals surface area contributed by atoms with Crippen molar-refractivity contribution in [1.82, 2.24) is 5.32 Å². The van der Waals surface area contributed by atoms with Crippen LogP contribution in [0.2, 0.25) is 0 Å². The maximum atomic E-state index is 11.1. The third-order valence-corrected chi connectivity index (χ3v) is 3.79. The Morgan fingerprint density at radius 3 is 2.86 bits per heavy atom. The number of rotatable bonds is 6. The second-order valence-corrected chi connectivity index (χ2v) is 5.76. The largest absolute Gasteiger partial charge is 0.481 e. The van der Waals surface area contributed by atoms with E-state index >= 15 is 0 Å². The fourth-order valence-corrected chi connectivity index (χ4v) is 2.75. The van der Waals surface area contributed by atoms with Gasteiger partial charge in [-0.1, -0.05) is 0 Å². The van der Waals surface area contributed by atoms with Gasteiger partial charge >= 0.3 is 5.97 Å². The highest BCUT2D eigenvalue weighted by atomic mass is 16.5. The summed E-state index contributed by atoms with van der Waals surface area (Å²) in [5.74, 6) is -0.823. The summed E-state index contributed by atoms with van der Waals surface area (Å²) in [5.41, 5.74) is 17.7. The maximum absolute atomic E-state index is 11.1. The molecule has 1 aliphatic carbocycles. The summed E-state index contributed by atoms with van der Waals surface area (Å²) in [5, 5.41) is 12.2. The molecule has 8 N–H and O–H groups in total. The zero-order chi connectivity index (χ0) is 16.1. The molecule has 1 aliphatic heterocycles. The van der Waals surface area contributed by atoms with Crippen molar-refractivity contribution in [1.29, 1.82) is 0 Å². The number of hydrogen-bond donors (Lipinski definition) is 5. The first-order chi connectivity index (χ1) is 10.4. The molecule has 0 radical (unpaired) electrons. The van der Waals surface area contributed by atoms with Gasteiger partial charge in [0.15, 0.2) is 5.88 Å². The lowest BCUT2D eigenvalue weighted by molar-refractivity contribution is -0.142. The molecule has 8 nitrogen and oxygen atoms in total. The van der Waals surface area contributed by atoms with Crippen LogP contribution in [0.15, 0.2) is 23.7 Å². The molecule has 0 aromatic heterocycles. The van der Waals surface area contributed by atoms with Crippen LogP contribution in [0.5, 0.6) is 0 Å². The van der Waals surface area contributed by atoms with Crippen LogP contribution in [0, 0.1) is 11.8 Å². The summed E-state index contributed by atoms with van der Waals surface area (Å²) in [6.07, 6.45) is 4.81. The van der Waals surface area contributed by atoms with Crippen LogP contribution in [0.1, 0.15) is 19.3 Å². The third kappa shape index (κ3) is 4.90. The minimum absolute atomic E-state index is 0.0904. The highest BCUT2D eigenvalue weighted by molar-refractivity contribution is 5.70. The Kier molecular flexibility index (Phi) is 5.64. The SMILES string of the molecule is NC1=CC(NCOCC2C=C(N)O[C@@H](N)C2)CC(C(=O)O)C1. The second-order valence-electron chi connectivity index (χ2n) is 5.76. The molecule has 0 amide bonds. The summed E-state index contributed by atoms with van der Waals surface area (Å²) < 4.78 is 10.7. The molecule has 0 saturated carbocycles. The maximum Gasteiger partial charge on any atom is 0.306 e. The van der Waals surface area contributed by atoms with Gasteiger partial charge in [-0.25, -0.2) is 0 Å². The molecule has 22 heavy (non-hydrogen) atoms. The van der Waals surface area contributed by atoms with Crippen molar-refractivity contribution in [2.24, 2.45) is 29.0 Å². The Bertz CT molecular complexity index is 466. The molecule has 0 spiro atoms. The number of carboxylic acid groups (broad SMARTS) is 1. The van der Waals surface area contributed by atoms with Crippen LogP contribution < -0.4 is 22.5 Å². The number of carbonyl (C=O) groups is 1. The summed E-state index contributed by atoms with van der Waals surface area (Å²) in [6, 6.07) is -0.0904. The number of ether oxygens (including phenoxy) is 2. The predicted octanol–water partition coefficient (Wildman–Crippen LogP) is -0.623. The Morgan fingerprint density at radius 1 is 1.41 bits per heavy atom. The van der Waals surface area contributed by atoms with E-state index in [-0.39, 0.29) is 12.0 Å². The van der Waals surface area contributed by atoms with Crippen molar-refractivity contribution in [3.05, 3.63) is 23.7 Å². The smallest absolute Gasteiger partial charge is 0.306 e. The molecular formula is C14H24N4O4. The third-order valence-electron chi connectivity index (χ3n) is 3.79. The molecule has 4 atom stereocenters. The van der Waals surface area contributed by atoms with Crippen LogP contribution in [0.3, 0.4) is 0 Å². The number of carboxylic acids is 1. The van der Waals surface area contributed by atoms with Gasteiger partial charge in [0.1, 0.15) is 6.23 Å². The minimum atomic E-state index is -0.819. The van der Waals surface area contributed by atoms with Crippen molar-refractivity contribution < 1.29 is 19.4 Å². The number of nitrogens with one attached hydrogen (secondary N) is 1. The average Bonchev–Trinajstić information content (AvgIpc) is 2.42. The van der Waals surface area contributed by atoms with Crippen molar-refractivity contribution in [3.8, 4) is 0 Å². The number of nitrogens with two attached hydrogens (primary N) is 3. The number of hydrogen-bond acceptors (Lipinski definition) is 7. The van der Waals surface area contributed by atoms with E-state index in [1.807, 2.05) is 6.08 Å². The van der Waals surface area contributed by atoms with Crippen LogP contribution in [-0.2, 0) is 14.3 Å². The standard InChI is InChI=1S/C14H24N4O4/c15-10-3-9(14(19)20)4-11(5-10)18-7-21-6-8-1-12(16)22-13(17)2-8/h1,5,8-9,11,13,18H,2-4,6-7,15-17H2,(H,19,20)/t8?,9?,11?,13-/m1/s1. The van der Waals surface area contributed by atoms with Crippen molar-refractivity contribution in [2.45, 2.75) is 31.5 Å². The number of allylic oxidation sites excluding steroid dienone is 1. The molecule has 0 fully saturated rings. The Labute approximate surface area is 129 Å². The Morgan fingerprint density at radius 2 is 2.18 bits per heavy atom. The van der Waals surface area contributed by atoms with E-state index < -0.39 is 18.1 Å². The molecule has 1 heterocycles. The zero-order valence-electron chi connectivity index (χ0n) is 12.4. The first-order valence-electron chi connectivity index (χ1n) is 7.33. The molecule has 0 bridgehead atoms. The predicted molar refractivity (Wildman–Crippen MR) is 79.8 cm³/mol. The minimum Gasteiger partial charge on any atom is -0.481 e. The van der Waals surface area contributed by atoms with Gasteiger partial charge in [-0.2, -0.15) is 0 Å². The van der Waals surface area contributed by atoms with E-state index in [1.165, 1.54) is 0 Å². The molecule has 0 aromatic carbocycles. The quantitative estimate of drug-likeness (QED) is 0.322. The van der Waals surface area contributed by atoms with E-state index in [4.69, 9.17) is 31.8 Å². The highest BCUT2D eigenvalue weighted by Crippen LogP contribution is 2.22. The molecule has 3 unspecified atom stereocenters. The van der Waals surface area contributed by atoms with Crippen LogP contribution in [0.25, 0.3) is 0 Å². The van der Waals surface area contributed by atoms with Gasteiger partial charge in [0, 0.05) is 24.1 Å². The topological polar surface area (TPSA) is 146 Å². The second kappa shape index (κ2) is 7.48. The molecular weight excluding hydrogens is 288 g/mol. The summed E-state index contributed by atoms with van der Waals surface area (Å²) >= 11 is 0. The highest BCUT2D eigenvalue weighted by Gasteiger charge is 2.26. The van der Waals surface area contributed by atoms with E-state index in [9.17, 15) is 4.79 Å². The lowest BCUT2D eigenvalue weighted by atomic mass is 9.89. The van der Waals surface area contributed by atoms with Gasteiger partial charge in [-0.05, 0) is 25.0 Å². The van der Waals surface area contributed by atoms with Crippen molar-refractivity contribution in [2.75, 3.05) is 13.3 Å². The van der Waals surface area contributed by atoms with Crippen LogP contribution >= 0.6 is 0 Å². The summed E-state index contributed by atoms with van der Waals surface area (Å²) in [7, 11) is 0. The average molecular weight is 312 g/mol. The number of aliphatic carboxylic acids is 1. The lowest BCUT2D eigenvalue weighted by Crippen LogP contribution is -2.38. The summed E-state index contributed by atoms with van der Waals surface area (Å²) in [6.45, 7) is 0.778. The van der Waals surface area contributed by atoms with E-state index in [0.717, 1.165) is 0 Å². The Balaban J connectivity index is 1.71. The summed E-state index contributed by atoms with van der Waals surface area (Å²) in [4.78, 5) is 11.1. The molecule has 2 rings (SSSR count). The van der Waals surface area contributed by atoms with E-state index in [2.05, 4.69) is 5.32 Å². The Hall–Kier alpha value is -1.77. The first-order valence-corrected chi connectivity index (χ1v) is 7.33. The molecule has 0 aromatic rings. The normalized spacial score (nSPS) is 31.9. The zero-order valence-corrected chi connectivity index (χ0v) is 12.4. The van der Waals surface area contributed by atoms with E-state index in [1.54, 1.807) is 6.08 Å². The molecule has 2 aliphatic rings. The van der Waals surface area contributed by atoms with Gasteiger partial charge < -0.3 is 26.0 Å². The fourth-order valence-electron chi connectivity index (χ4n) is 2.75. The molecule has 124 valence electrons. The van der Waals surface area contributed by atoms with Gasteiger partial charge in [-0.3, -0.25) is 15.8 Å². The van der Waals surface area contributed by atoms with Crippen LogP contribution in [-0.4, -0.2) is 36.7 Å².